The highest BCUT2D eigenvalue weighted by Crippen LogP contribution is 2.34. The molecule has 0 amide bonds. The Bertz CT molecular complexity index is 156. The van der Waals surface area contributed by atoms with E-state index in [1.165, 1.54) is 31.2 Å². The third-order valence-corrected chi connectivity index (χ3v) is 7.86. The normalized spacial score (nSPS) is 32.2. The largest absolute Gasteiger partial charge is 0.0886 e. The van der Waals surface area contributed by atoms with Gasteiger partial charge in [-0.05, 0) is 24.8 Å². The smallest absolute Gasteiger partial charge is 0.0402 e. The van der Waals surface area contributed by atoms with E-state index in [2.05, 4.69) is 12.2 Å². The van der Waals surface area contributed by atoms with Gasteiger partial charge in [0.1, 0.15) is 0 Å². The molecule has 1 heterocycles. The molecule has 0 saturated carbocycles. The van der Waals surface area contributed by atoms with Crippen LogP contribution in [0.15, 0.2) is 12.2 Å². The number of hydrogen-bond acceptors (Lipinski definition) is 0. The van der Waals surface area contributed by atoms with Gasteiger partial charge in [0.15, 0.2) is 0 Å². The summed E-state index contributed by atoms with van der Waals surface area (Å²) in [6.45, 7) is 0. The summed E-state index contributed by atoms with van der Waals surface area (Å²) in [4.78, 5) is 0. The Hall–Kier alpha value is -0.0431. The average molecular weight is 180 g/mol. The highest BCUT2D eigenvalue weighted by Gasteiger charge is 2.24. The van der Waals surface area contributed by atoms with Crippen molar-refractivity contribution in [2.24, 2.45) is 0 Å². The van der Waals surface area contributed by atoms with E-state index in [1.54, 1.807) is 24.9 Å². The molecule has 1 fully saturated rings. The molecule has 0 aromatic rings. The van der Waals surface area contributed by atoms with Crippen LogP contribution in [0.2, 0.25) is 17.6 Å². The van der Waals surface area contributed by atoms with E-state index in [9.17, 15) is 0 Å². The second kappa shape index (κ2) is 4.27. The molecule has 0 aromatic heterocycles. The van der Waals surface area contributed by atoms with Gasteiger partial charge in [-0.2, -0.15) is 0 Å². The maximum atomic E-state index is 2.44. The number of hydrogen-bond donors (Lipinski definition) is 0. The van der Waals surface area contributed by atoms with Crippen molar-refractivity contribution in [1.29, 1.82) is 0 Å². The second-order valence-electron chi connectivity index (χ2n) is 4.44. The van der Waals surface area contributed by atoms with Crippen molar-refractivity contribution in [2.45, 2.75) is 56.2 Å². The van der Waals surface area contributed by atoms with E-state index in [4.69, 9.17) is 0 Å². The van der Waals surface area contributed by atoms with Crippen LogP contribution < -0.4 is 0 Å². The summed E-state index contributed by atoms with van der Waals surface area (Å²) in [5, 5.41) is 0. The van der Waals surface area contributed by atoms with Crippen molar-refractivity contribution in [1.82, 2.24) is 0 Å². The van der Waals surface area contributed by atoms with Gasteiger partial charge < -0.3 is 0 Å². The molecule has 0 spiro atoms. The first-order valence-electron chi connectivity index (χ1n) is 5.62. The molecule has 2 rings (SSSR count). The van der Waals surface area contributed by atoms with Crippen molar-refractivity contribution >= 4 is 8.80 Å². The third kappa shape index (κ3) is 2.01. The van der Waals surface area contributed by atoms with Gasteiger partial charge in [0.25, 0.3) is 0 Å². The van der Waals surface area contributed by atoms with E-state index in [-0.39, 0.29) is 8.80 Å². The molecule has 0 radical (unpaired) electrons. The molecule has 1 aliphatic carbocycles. The number of rotatable bonds is 1. The van der Waals surface area contributed by atoms with Crippen molar-refractivity contribution in [3.8, 4) is 0 Å². The zero-order valence-electron chi connectivity index (χ0n) is 7.97. The van der Waals surface area contributed by atoms with Crippen LogP contribution >= 0.6 is 0 Å². The van der Waals surface area contributed by atoms with Gasteiger partial charge in [-0.25, -0.2) is 0 Å². The molecule has 68 valence electrons. The average Bonchev–Trinajstić information content (AvgIpc) is 2.21. The Balaban J connectivity index is 1.85. The van der Waals surface area contributed by atoms with Crippen molar-refractivity contribution in [3.05, 3.63) is 12.2 Å². The molecule has 1 unspecified atom stereocenters. The first-order chi connectivity index (χ1) is 5.97. The third-order valence-electron chi connectivity index (χ3n) is 3.63. The standard InChI is InChI=1S/C11H20Si/c1-3-7-11(8-4-1)12-9-5-2-6-10-12/h1,3,11-12H,2,4-10H2. The lowest BCUT2D eigenvalue weighted by molar-refractivity contribution is 0.657. The summed E-state index contributed by atoms with van der Waals surface area (Å²) in [5.41, 5.74) is 1.19. The molecule has 1 saturated heterocycles. The van der Waals surface area contributed by atoms with Gasteiger partial charge in [0.2, 0.25) is 0 Å². The molecule has 0 bridgehead atoms. The summed E-state index contributed by atoms with van der Waals surface area (Å²) in [7, 11) is -0.259. The Morgan fingerprint density at radius 2 is 1.83 bits per heavy atom. The summed E-state index contributed by atoms with van der Waals surface area (Å²) < 4.78 is 0. The van der Waals surface area contributed by atoms with E-state index >= 15 is 0 Å². The maximum Gasteiger partial charge on any atom is 0.0402 e. The lowest BCUT2D eigenvalue weighted by Gasteiger charge is -2.29. The molecule has 0 aromatic carbocycles. The molecule has 1 heteroatoms. The van der Waals surface area contributed by atoms with Gasteiger partial charge in [0.05, 0.1) is 0 Å². The summed E-state index contributed by atoms with van der Waals surface area (Å²) in [6.07, 6.45) is 13.8. The van der Waals surface area contributed by atoms with Crippen LogP contribution in [0, 0.1) is 0 Å². The van der Waals surface area contributed by atoms with Crippen LogP contribution in [0.4, 0.5) is 0 Å². The van der Waals surface area contributed by atoms with Crippen molar-refractivity contribution in [2.75, 3.05) is 0 Å². The van der Waals surface area contributed by atoms with Gasteiger partial charge in [0, 0.05) is 8.80 Å². The van der Waals surface area contributed by atoms with E-state index in [0.29, 0.717) is 0 Å². The van der Waals surface area contributed by atoms with E-state index < -0.39 is 0 Å². The Morgan fingerprint density at radius 3 is 2.50 bits per heavy atom. The fraction of sp³-hybridized carbons (Fsp3) is 0.818. The second-order valence-corrected chi connectivity index (χ2v) is 8.06. The van der Waals surface area contributed by atoms with E-state index in [1.807, 2.05) is 0 Å². The van der Waals surface area contributed by atoms with Crippen LogP contribution in [-0.2, 0) is 0 Å². The van der Waals surface area contributed by atoms with Gasteiger partial charge >= 0.3 is 0 Å². The minimum atomic E-state index is -0.259. The summed E-state index contributed by atoms with van der Waals surface area (Å²) in [5.74, 6) is 0. The molecule has 0 N–H and O–H groups in total. The Labute approximate surface area is 77.7 Å². The zero-order valence-corrected chi connectivity index (χ0v) is 9.12. The van der Waals surface area contributed by atoms with Crippen molar-refractivity contribution in [3.63, 3.8) is 0 Å². The molecule has 12 heavy (non-hydrogen) atoms. The minimum Gasteiger partial charge on any atom is -0.0886 e. The minimum absolute atomic E-state index is 0.259. The summed E-state index contributed by atoms with van der Waals surface area (Å²) >= 11 is 0. The summed E-state index contributed by atoms with van der Waals surface area (Å²) in [6, 6.07) is 3.33. The molecule has 2 aliphatic rings. The molecule has 0 nitrogen and oxygen atoms in total. The first kappa shape index (κ1) is 8.55. The highest BCUT2D eigenvalue weighted by molar-refractivity contribution is 6.60. The zero-order chi connectivity index (χ0) is 8.23. The molecule has 1 atom stereocenters. The quantitative estimate of drug-likeness (QED) is 0.428. The predicted octanol–water partition coefficient (Wildman–Crippen LogP) is 3.51. The van der Waals surface area contributed by atoms with Crippen molar-refractivity contribution < 1.29 is 0 Å². The van der Waals surface area contributed by atoms with E-state index in [0.717, 1.165) is 0 Å². The van der Waals surface area contributed by atoms with Crippen LogP contribution in [0.1, 0.15) is 38.5 Å². The first-order valence-corrected chi connectivity index (χ1v) is 7.92. The van der Waals surface area contributed by atoms with Crippen LogP contribution in [0.25, 0.3) is 0 Å². The van der Waals surface area contributed by atoms with Gasteiger partial charge in [-0.15, -0.1) is 0 Å². The molecular weight excluding hydrogens is 160 g/mol. The monoisotopic (exact) mass is 180 g/mol. The maximum absolute atomic E-state index is 2.44. The highest BCUT2D eigenvalue weighted by atomic mass is 28.3. The Morgan fingerprint density at radius 1 is 1.00 bits per heavy atom. The lowest BCUT2D eigenvalue weighted by Crippen LogP contribution is -2.23. The fourth-order valence-corrected chi connectivity index (χ4v) is 6.91. The lowest BCUT2D eigenvalue weighted by atomic mass is 10.1. The van der Waals surface area contributed by atoms with Crippen LogP contribution in [0.5, 0.6) is 0 Å². The van der Waals surface area contributed by atoms with Crippen LogP contribution in [-0.4, -0.2) is 8.80 Å². The van der Waals surface area contributed by atoms with Gasteiger partial charge in [-0.1, -0.05) is 43.5 Å². The van der Waals surface area contributed by atoms with Gasteiger partial charge in [-0.3, -0.25) is 0 Å². The molecular formula is C11H20Si. The van der Waals surface area contributed by atoms with Crippen LogP contribution in [0.3, 0.4) is 0 Å². The predicted molar refractivity (Wildman–Crippen MR) is 57.4 cm³/mol. The SMILES string of the molecule is C1=CCC([SiH]2CCCCC2)CC1. The fourth-order valence-electron chi connectivity index (χ4n) is 2.85. The Kier molecular flexibility index (Phi) is 3.04. The molecule has 1 aliphatic heterocycles. The topological polar surface area (TPSA) is 0 Å². The number of allylic oxidation sites excluding steroid dienone is 2.